The van der Waals surface area contributed by atoms with Gasteiger partial charge in [-0.3, -0.25) is 9.63 Å². The lowest BCUT2D eigenvalue weighted by molar-refractivity contribution is -0.178. The van der Waals surface area contributed by atoms with Crippen LogP contribution in [0.1, 0.15) is 0 Å². The van der Waals surface area contributed by atoms with Crippen LogP contribution in [-0.4, -0.2) is 37.8 Å². The van der Waals surface area contributed by atoms with E-state index in [1.165, 1.54) is 20.2 Å². The predicted octanol–water partition coefficient (Wildman–Crippen LogP) is 2.15. The number of carbonyl (C=O) groups excluding carboxylic acids is 1. The van der Waals surface area contributed by atoms with Crippen molar-refractivity contribution in [3.8, 4) is 11.5 Å². The molecule has 18 heavy (non-hydrogen) atoms. The number of halogens is 2. The number of likely N-dealkylation sites (N-methyl/N-ethyl adjacent to an activating group) is 1. The lowest BCUT2D eigenvalue weighted by atomic mass is 10.2. The van der Waals surface area contributed by atoms with Gasteiger partial charge in [0.05, 0.1) is 17.2 Å². The zero-order valence-electron chi connectivity index (χ0n) is 9.78. The molecule has 1 heterocycles. The van der Waals surface area contributed by atoms with Crippen molar-refractivity contribution in [3.63, 3.8) is 0 Å². The third-order valence-corrected chi connectivity index (χ3v) is 3.23. The number of ether oxygens (including phenoxy) is 2. The normalized spacial score (nSPS) is 17.4. The van der Waals surface area contributed by atoms with Gasteiger partial charge in [-0.05, 0) is 0 Å². The van der Waals surface area contributed by atoms with E-state index in [2.05, 4.69) is 0 Å². The lowest BCUT2D eigenvalue weighted by Crippen LogP contribution is -2.44. The Labute approximate surface area is 114 Å². The molecule has 0 N–H and O–H groups in total. The second-order valence-corrected chi connectivity index (χ2v) is 4.46. The summed E-state index contributed by atoms with van der Waals surface area (Å²) in [7, 11) is 2.89. The molecule has 1 unspecified atom stereocenters. The Morgan fingerprint density at radius 2 is 2.00 bits per heavy atom. The Hall–Kier alpha value is -1.17. The molecule has 1 aromatic rings. The largest absolute Gasteiger partial charge is 0.485 e. The second kappa shape index (κ2) is 5.22. The average molecular weight is 292 g/mol. The van der Waals surface area contributed by atoms with Gasteiger partial charge in [0.2, 0.25) is 6.10 Å². The van der Waals surface area contributed by atoms with E-state index in [1.54, 1.807) is 6.07 Å². The van der Waals surface area contributed by atoms with E-state index < -0.39 is 6.10 Å². The summed E-state index contributed by atoms with van der Waals surface area (Å²) >= 11 is 11.7. The summed E-state index contributed by atoms with van der Waals surface area (Å²) in [5.41, 5.74) is 0. The maximum Gasteiger partial charge on any atom is 0.290 e. The summed E-state index contributed by atoms with van der Waals surface area (Å²) in [4.78, 5) is 16.6. The molecule has 0 aromatic heterocycles. The Kier molecular flexibility index (Phi) is 3.85. The zero-order chi connectivity index (χ0) is 13.3. The topological polar surface area (TPSA) is 48.0 Å². The first kappa shape index (κ1) is 13.3. The highest BCUT2D eigenvalue weighted by Crippen LogP contribution is 2.38. The van der Waals surface area contributed by atoms with Crippen LogP contribution in [0, 0.1) is 0 Å². The molecule has 98 valence electrons. The van der Waals surface area contributed by atoms with E-state index in [-0.39, 0.29) is 12.5 Å². The maximum absolute atomic E-state index is 11.8. The number of rotatable bonds is 2. The van der Waals surface area contributed by atoms with Crippen LogP contribution in [-0.2, 0) is 9.63 Å². The van der Waals surface area contributed by atoms with E-state index in [9.17, 15) is 4.79 Å². The number of carbonyl (C=O) groups is 1. The summed E-state index contributed by atoms with van der Waals surface area (Å²) in [6.07, 6.45) is -0.764. The molecule has 1 amide bonds. The van der Waals surface area contributed by atoms with Crippen LogP contribution in [0.4, 0.5) is 0 Å². The molecule has 2 rings (SSSR count). The molecule has 1 aromatic carbocycles. The van der Waals surface area contributed by atoms with Gasteiger partial charge in [0.1, 0.15) is 6.61 Å². The highest BCUT2D eigenvalue weighted by atomic mass is 35.5. The minimum absolute atomic E-state index is 0.0947. The number of amides is 1. The Morgan fingerprint density at radius 3 is 2.61 bits per heavy atom. The summed E-state index contributed by atoms with van der Waals surface area (Å²) in [5, 5.41) is 1.79. The molecule has 0 saturated heterocycles. The zero-order valence-corrected chi connectivity index (χ0v) is 11.3. The van der Waals surface area contributed by atoms with E-state index in [1.807, 2.05) is 0 Å². The van der Waals surface area contributed by atoms with Crippen molar-refractivity contribution in [2.24, 2.45) is 0 Å². The monoisotopic (exact) mass is 291 g/mol. The molecule has 7 heteroatoms. The molecular formula is C11H11Cl2NO4. The summed E-state index contributed by atoms with van der Waals surface area (Å²) in [6.45, 7) is 0.0947. The molecule has 1 atom stereocenters. The average Bonchev–Trinajstić information content (AvgIpc) is 2.37. The van der Waals surface area contributed by atoms with Crippen molar-refractivity contribution in [1.82, 2.24) is 5.06 Å². The number of nitrogens with zero attached hydrogens (tertiary/aromatic N) is 1. The summed E-state index contributed by atoms with van der Waals surface area (Å²) in [5.74, 6) is 0.515. The van der Waals surface area contributed by atoms with Crippen molar-refractivity contribution in [1.29, 1.82) is 0 Å². The molecular weight excluding hydrogens is 281 g/mol. The Morgan fingerprint density at radius 1 is 1.39 bits per heavy atom. The molecule has 1 aliphatic heterocycles. The third-order valence-electron chi connectivity index (χ3n) is 2.51. The smallest absolute Gasteiger partial charge is 0.290 e. The van der Waals surface area contributed by atoms with Gasteiger partial charge in [-0.25, -0.2) is 5.06 Å². The van der Waals surface area contributed by atoms with Gasteiger partial charge in [0.15, 0.2) is 11.5 Å². The number of hydroxylamine groups is 2. The molecule has 1 aliphatic rings. The van der Waals surface area contributed by atoms with Gasteiger partial charge in [-0.15, -0.1) is 0 Å². The van der Waals surface area contributed by atoms with Gasteiger partial charge >= 0.3 is 0 Å². The van der Waals surface area contributed by atoms with Crippen molar-refractivity contribution < 1.29 is 19.1 Å². The summed E-state index contributed by atoms with van der Waals surface area (Å²) < 4.78 is 10.9. The van der Waals surface area contributed by atoms with Crippen molar-refractivity contribution in [3.05, 3.63) is 22.2 Å². The minimum Gasteiger partial charge on any atom is -0.485 e. The molecule has 0 fully saturated rings. The number of hydrogen-bond donors (Lipinski definition) is 0. The third kappa shape index (κ3) is 2.48. The lowest BCUT2D eigenvalue weighted by Gasteiger charge is -2.28. The van der Waals surface area contributed by atoms with Crippen LogP contribution in [0.2, 0.25) is 10.0 Å². The first-order valence-corrected chi connectivity index (χ1v) is 5.88. The van der Waals surface area contributed by atoms with Crippen LogP contribution >= 0.6 is 23.2 Å². The van der Waals surface area contributed by atoms with Crippen molar-refractivity contribution in [2.75, 3.05) is 20.8 Å². The van der Waals surface area contributed by atoms with Gasteiger partial charge < -0.3 is 9.47 Å². The SMILES string of the molecule is CON(C)C(=O)C1COc2cc(Cl)c(Cl)cc2O1. The van der Waals surface area contributed by atoms with E-state index in [0.717, 1.165) is 5.06 Å². The maximum atomic E-state index is 11.8. The first-order chi connectivity index (χ1) is 8.52. The molecule has 0 aliphatic carbocycles. The van der Waals surface area contributed by atoms with Crippen LogP contribution in [0.3, 0.4) is 0 Å². The highest BCUT2D eigenvalue weighted by molar-refractivity contribution is 6.42. The number of fused-ring (bicyclic) bond motifs is 1. The minimum atomic E-state index is -0.764. The first-order valence-electron chi connectivity index (χ1n) is 5.13. The van der Waals surface area contributed by atoms with E-state index in [0.29, 0.717) is 21.5 Å². The predicted molar refractivity (Wildman–Crippen MR) is 66.2 cm³/mol. The Balaban J connectivity index is 2.20. The fourth-order valence-electron chi connectivity index (χ4n) is 1.48. The molecule has 5 nitrogen and oxygen atoms in total. The molecule has 0 bridgehead atoms. The highest BCUT2D eigenvalue weighted by Gasteiger charge is 2.30. The van der Waals surface area contributed by atoms with Crippen LogP contribution in [0.5, 0.6) is 11.5 Å². The van der Waals surface area contributed by atoms with Gasteiger partial charge in [0, 0.05) is 19.2 Å². The van der Waals surface area contributed by atoms with Gasteiger partial charge in [0.25, 0.3) is 5.91 Å². The summed E-state index contributed by atoms with van der Waals surface area (Å²) in [6, 6.07) is 3.07. The standard InChI is InChI=1S/C11H11Cl2NO4/c1-14(16-2)11(15)10-5-17-8-3-6(12)7(13)4-9(8)18-10/h3-4,10H,5H2,1-2H3. The van der Waals surface area contributed by atoms with Crippen LogP contribution in [0.25, 0.3) is 0 Å². The van der Waals surface area contributed by atoms with Crippen LogP contribution in [0.15, 0.2) is 12.1 Å². The van der Waals surface area contributed by atoms with Crippen molar-refractivity contribution >= 4 is 29.1 Å². The van der Waals surface area contributed by atoms with E-state index >= 15 is 0 Å². The van der Waals surface area contributed by atoms with Crippen LogP contribution < -0.4 is 9.47 Å². The fourth-order valence-corrected chi connectivity index (χ4v) is 1.79. The van der Waals surface area contributed by atoms with E-state index in [4.69, 9.17) is 37.5 Å². The second-order valence-electron chi connectivity index (χ2n) is 3.65. The number of hydrogen-bond acceptors (Lipinski definition) is 4. The number of benzene rings is 1. The van der Waals surface area contributed by atoms with Gasteiger partial charge in [-0.2, -0.15) is 0 Å². The molecule has 0 saturated carbocycles. The van der Waals surface area contributed by atoms with Gasteiger partial charge in [-0.1, -0.05) is 23.2 Å². The quantitative estimate of drug-likeness (QED) is 0.784. The molecule has 0 radical (unpaired) electrons. The van der Waals surface area contributed by atoms with Crippen molar-refractivity contribution in [2.45, 2.75) is 6.10 Å². The molecule has 0 spiro atoms. The fraction of sp³-hybridized carbons (Fsp3) is 0.364. The Bertz CT molecular complexity index is 480.